The van der Waals surface area contributed by atoms with Gasteiger partial charge in [-0.2, -0.15) is 23.5 Å². The topological polar surface area (TPSA) is 58.9 Å². The zero-order valence-electron chi connectivity index (χ0n) is 18.6. The number of thioether (sulfide) groups is 2. The number of hydrogen-bond donors (Lipinski definition) is 2. The summed E-state index contributed by atoms with van der Waals surface area (Å²) in [6, 6.07) is 16.7. The number of fused-ring (bicyclic) bond motifs is 2. The molecule has 0 amide bonds. The van der Waals surface area contributed by atoms with Gasteiger partial charge in [0.2, 0.25) is 0 Å². The maximum atomic E-state index is 8.89. The molecule has 0 heterocycles. The smallest absolute Gasteiger partial charge is 0.135 e. The van der Waals surface area contributed by atoms with Crippen molar-refractivity contribution in [3.05, 3.63) is 48.5 Å². The van der Waals surface area contributed by atoms with Crippen LogP contribution < -0.4 is 9.47 Å². The van der Waals surface area contributed by atoms with E-state index in [1.54, 1.807) is 23.5 Å². The lowest BCUT2D eigenvalue weighted by molar-refractivity contribution is 0.311. The Labute approximate surface area is 199 Å². The third-order valence-electron chi connectivity index (χ3n) is 5.16. The first-order valence-electron chi connectivity index (χ1n) is 11.4. The third kappa shape index (κ3) is 7.20. The first-order chi connectivity index (χ1) is 15.9. The summed E-state index contributed by atoms with van der Waals surface area (Å²) in [7, 11) is 0. The van der Waals surface area contributed by atoms with Crippen molar-refractivity contribution in [3.63, 3.8) is 0 Å². The minimum Gasteiger partial charge on any atom is -0.492 e. The van der Waals surface area contributed by atoms with Crippen LogP contribution in [0.2, 0.25) is 0 Å². The van der Waals surface area contributed by atoms with Gasteiger partial charge >= 0.3 is 0 Å². The van der Waals surface area contributed by atoms with Crippen LogP contribution in [0.3, 0.4) is 0 Å². The predicted octanol–water partition coefficient (Wildman–Crippen LogP) is 5.76. The molecule has 0 aliphatic heterocycles. The van der Waals surface area contributed by atoms with E-state index in [-0.39, 0.29) is 13.2 Å². The molecule has 0 atom stereocenters. The van der Waals surface area contributed by atoms with E-state index < -0.39 is 0 Å². The van der Waals surface area contributed by atoms with Gasteiger partial charge in [0.05, 0.1) is 26.4 Å². The summed E-state index contributed by atoms with van der Waals surface area (Å²) in [5.74, 6) is 5.59. The van der Waals surface area contributed by atoms with E-state index in [0.717, 1.165) is 81.7 Å². The molecule has 0 radical (unpaired) electrons. The van der Waals surface area contributed by atoms with E-state index >= 15 is 0 Å². The van der Waals surface area contributed by atoms with Gasteiger partial charge in [-0.3, -0.25) is 0 Å². The van der Waals surface area contributed by atoms with Crippen LogP contribution in [0.25, 0.3) is 21.5 Å². The van der Waals surface area contributed by atoms with Gasteiger partial charge in [0.15, 0.2) is 0 Å². The second-order valence-corrected chi connectivity index (χ2v) is 9.98. The van der Waals surface area contributed by atoms with Gasteiger partial charge in [0.25, 0.3) is 0 Å². The van der Waals surface area contributed by atoms with Crippen molar-refractivity contribution in [1.29, 1.82) is 0 Å². The van der Waals surface area contributed by atoms with E-state index in [1.807, 2.05) is 0 Å². The van der Waals surface area contributed by atoms with Gasteiger partial charge in [-0.15, -0.1) is 0 Å². The Hall–Kier alpha value is -1.60. The van der Waals surface area contributed by atoms with Crippen molar-refractivity contribution in [3.8, 4) is 11.5 Å². The molecule has 0 saturated heterocycles. The van der Waals surface area contributed by atoms with E-state index in [9.17, 15) is 0 Å². The van der Waals surface area contributed by atoms with Crippen molar-refractivity contribution in [1.82, 2.24) is 0 Å². The zero-order chi connectivity index (χ0) is 22.4. The average molecular weight is 475 g/mol. The number of aliphatic hydroxyl groups excluding tert-OH is 2. The van der Waals surface area contributed by atoms with Crippen molar-refractivity contribution >= 4 is 45.1 Å². The second kappa shape index (κ2) is 14.5. The van der Waals surface area contributed by atoms with Crippen LogP contribution in [0.1, 0.15) is 25.7 Å². The molecule has 0 aliphatic rings. The third-order valence-corrected chi connectivity index (χ3v) is 7.26. The van der Waals surface area contributed by atoms with E-state index in [0.29, 0.717) is 13.2 Å². The van der Waals surface area contributed by atoms with Crippen LogP contribution in [0.15, 0.2) is 48.5 Å². The summed E-state index contributed by atoms with van der Waals surface area (Å²) in [4.78, 5) is 0. The number of aliphatic hydroxyl groups is 2. The van der Waals surface area contributed by atoms with Gasteiger partial charge in [-0.1, -0.05) is 48.5 Å². The highest BCUT2D eigenvalue weighted by atomic mass is 32.2. The van der Waals surface area contributed by atoms with E-state index in [2.05, 4.69) is 48.5 Å². The molecule has 3 aromatic carbocycles. The van der Waals surface area contributed by atoms with Crippen LogP contribution in [-0.4, -0.2) is 59.7 Å². The summed E-state index contributed by atoms with van der Waals surface area (Å²) in [6.07, 6.45) is 4.15. The van der Waals surface area contributed by atoms with Crippen LogP contribution >= 0.6 is 23.5 Å². The molecule has 0 spiro atoms. The molecule has 4 nitrogen and oxygen atoms in total. The maximum Gasteiger partial charge on any atom is 0.135 e. The highest BCUT2D eigenvalue weighted by Gasteiger charge is 2.15. The monoisotopic (exact) mass is 474 g/mol. The van der Waals surface area contributed by atoms with Gasteiger partial charge in [0.1, 0.15) is 11.5 Å². The molecule has 0 aliphatic carbocycles. The van der Waals surface area contributed by atoms with Gasteiger partial charge in [-0.05, 0) is 37.2 Å². The van der Waals surface area contributed by atoms with Crippen LogP contribution in [0, 0.1) is 0 Å². The molecular weight excluding hydrogens is 440 g/mol. The SMILES string of the molecule is OCCSCCCCOc1c2ccccc2c(OCCCCSCCO)c2ccccc12. The molecule has 174 valence electrons. The summed E-state index contributed by atoms with van der Waals surface area (Å²) < 4.78 is 12.7. The lowest BCUT2D eigenvalue weighted by Crippen LogP contribution is -2.03. The zero-order valence-corrected chi connectivity index (χ0v) is 20.3. The van der Waals surface area contributed by atoms with Crippen LogP contribution in [0.5, 0.6) is 11.5 Å². The standard InChI is InChI=1S/C26H34O4S2/c27-13-19-31-17-7-5-15-29-25-21-9-1-2-10-22(21)26(24-12-4-3-11-23(24)25)30-16-6-8-18-32-20-14-28/h1-4,9-12,27-28H,5-8,13-20H2. The molecule has 0 unspecified atom stereocenters. The Balaban J connectivity index is 1.72. The van der Waals surface area contributed by atoms with E-state index in [1.165, 1.54) is 0 Å². The van der Waals surface area contributed by atoms with Crippen molar-refractivity contribution in [2.24, 2.45) is 0 Å². The molecule has 3 aromatic rings. The average Bonchev–Trinajstić information content (AvgIpc) is 2.83. The highest BCUT2D eigenvalue weighted by Crippen LogP contribution is 2.42. The summed E-state index contributed by atoms with van der Waals surface area (Å²) in [5.41, 5.74) is 0. The lowest BCUT2D eigenvalue weighted by atomic mass is 10.0. The molecule has 32 heavy (non-hydrogen) atoms. The number of ether oxygens (including phenoxy) is 2. The lowest BCUT2D eigenvalue weighted by Gasteiger charge is -2.18. The normalized spacial score (nSPS) is 11.3. The number of rotatable bonds is 16. The molecule has 3 rings (SSSR count). The molecule has 0 fully saturated rings. The van der Waals surface area contributed by atoms with Crippen molar-refractivity contribution in [2.45, 2.75) is 25.7 Å². The minimum absolute atomic E-state index is 0.246. The fourth-order valence-electron chi connectivity index (χ4n) is 3.65. The molecule has 6 heteroatoms. The largest absolute Gasteiger partial charge is 0.492 e. The Bertz CT molecular complexity index is 815. The number of unbranched alkanes of at least 4 members (excludes halogenated alkanes) is 2. The first-order valence-corrected chi connectivity index (χ1v) is 13.7. The second-order valence-electron chi connectivity index (χ2n) is 7.53. The molecule has 0 aromatic heterocycles. The van der Waals surface area contributed by atoms with E-state index in [4.69, 9.17) is 19.7 Å². The Morgan fingerprint density at radius 1 is 0.531 bits per heavy atom. The minimum atomic E-state index is 0.246. The Kier molecular flexibility index (Phi) is 11.4. The molecular formula is C26H34O4S2. The number of hydrogen-bond acceptors (Lipinski definition) is 6. The number of benzene rings is 3. The van der Waals surface area contributed by atoms with Gasteiger partial charge in [-0.25, -0.2) is 0 Å². The summed E-state index contributed by atoms with van der Waals surface area (Å²) >= 11 is 3.57. The summed E-state index contributed by atoms with van der Waals surface area (Å²) in [5, 5.41) is 22.1. The maximum absolute atomic E-state index is 8.89. The van der Waals surface area contributed by atoms with Crippen molar-refractivity contribution in [2.75, 3.05) is 49.4 Å². The molecule has 0 bridgehead atoms. The van der Waals surface area contributed by atoms with Crippen LogP contribution in [-0.2, 0) is 0 Å². The van der Waals surface area contributed by atoms with Crippen molar-refractivity contribution < 1.29 is 19.7 Å². The molecule has 2 N–H and O–H groups in total. The Morgan fingerprint density at radius 3 is 1.25 bits per heavy atom. The fraction of sp³-hybridized carbons (Fsp3) is 0.462. The van der Waals surface area contributed by atoms with Gasteiger partial charge in [0, 0.05) is 33.1 Å². The van der Waals surface area contributed by atoms with Crippen LogP contribution in [0.4, 0.5) is 0 Å². The highest BCUT2D eigenvalue weighted by molar-refractivity contribution is 7.99. The summed E-state index contributed by atoms with van der Waals surface area (Å²) in [6.45, 7) is 1.85. The quantitative estimate of drug-likeness (QED) is 0.203. The Morgan fingerprint density at radius 2 is 0.906 bits per heavy atom. The fourth-order valence-corrected chi connectivity index (χ4v) is 5.14. The predicted molar refractivity (Wildman–Crippen MR) is 140 cm³/mol. The molecule has 0 saturated carbocycles. The first kappa shape index (κ1) is 25.0. The van der Waals surface area contributed by atoms with Gasteiger partial charge < -0.3 is 19.7 Å².